The van der Waals surface area contributed by atoms with E-state index in [2.05, 4.69) is 51.6 Å². The minimum absolute atomic E-state index is 0.0131. The number of piperidine rings is 2. The molecule has 6 rings (SSSR count). The molecule has 2 atom stereocenters. The van der Waals surface area contributed by atoms with Crippen molar-refractivity contribution in [3.05, 3.63) is 59.9 Å². The largest absolute Gasteiger partial charge is 0.508 e. The summed E-state index contributed by atoms with van der Waals surface area (Å²) in [7, 11) is 0. The zero-order valence-corrected chi connectivity index (χ0v) is 24.1. The predicted molar refractivity (Wildman–Crippen MR) is 156 cm³/mol. The number of aromatic nitrogens is 2. The SMILES string of the molecule is Cc1nc2ccccc2n1C1CC2CCC(C1)N2CCC1(c2cccc(O)c2)CCN(C(=O)C(C)(C)C)CC1. The smallest absolute Gasteiger partial charge is 0.227 e. The summed E-state index contributed by atoms with van der Waals surface area (Å²) in [6.07, 6.45) is 7.89. The summed E-state index contributed by atoms with van der Waals surface area (Å²) in [5.41, 5.74) is 3.24. The lowest BCUT2D eigenvalue weighted by molar-refractivity contribution is -0.141. The number of likely N-dealkylation sites (tertiary alicyclic amines) is 1. The maximum absolute atomic E-state index is 13.0. The molecule has 2 unspecified atom stereocenters. The molecule has 0 saturated carbocycles. The van der Waals surface area contributed by atoms with Crippen LogP contribution in [0.15, 0.2) is 48.5 Å². The van der Waals surface area contributed by atoms with Crippen LogP contribution < -0.4 is 0 Å². The van der Waals surface area contributed by atoms with Crippen molar-refractivity contribution in [2.45, 2.75) is 96.2 Å². The summed E-state index contributed by atoms with van der Waals surface area (Å²) >= 11 is 0. The van der Waals surface area contributed by atoms with Crippen molar-refractivity contribution in [1.82, 2.24) is 19.4 Å². The Labute approximate surface area is 233 Å². The van der Waals surface area contributed by atoms with E-state index in [-0.39, 0.29) is 16.7 Å². The second-order valence-corrected chi connectivity index (χ2v) is 13.4. The van der Waals surface area contributed by atoms with Crippen molar-refractivity contribution in [1.29, 1.82) is 0 Å². The lowest BCUT2D eigenvalue weighted by atomic mass is 9.70. The molecular formula is C33H44N4O2. The molecule has 1 N–H and O–H groups in total. The molecule has 208 valence electrons. The Morgan fingerprint density at radius 2 is 1.69 bits per heavy atom. The number of carbonyl (C=O) groups excluding carboxylic acids is 1. The number of phenolic OH excluding ortho intramolecular Hbond substituents is 1. The Kier molecular flexibility index (Phi) is 6.73. The minimum Gasteiger partial charge on any atom is -0.508 e. The van der Waals surface area contributed by atoms with Crippen molar-refractivity contribution in [2.24, 2.45) is 5.41 Å². The Hall–Kier alpha value is -2.86. The van der Waals surface area contributed by atoms with Gasteiger partial charge in [-0.2, -0.15) is 0 Å². The first-order valence-corrected chi connectivity index (χ1v) is 14.9. The number of imidazole rings is 1. The predicted octanol–water partition coefficient (Wildman–Crippen LogP) is 6.21. The Bertz CT molecular complexity index is 1330. The first-order chi connectivity index (χ1) is 18.6. The van der Waals surface area contributed by atoms with Crippen LogP contribution in [0, 0.1) is 12.3 Å². The van der Waals surface area contributed by atoms with Gasteiger partial charge in [0.1, 0.15) is 11.6 Å². The normalized spacial score (nSPS) is 25.3. The summed E-state index contributed by atoms with van der Waals surface area (Å²) in [5, 5.41) is 10.4. The maximum Gasteiger partial charge on any atom is 0.227 e. The number of nitrogens with zero attached hydrogens (tertiary/aromatic N) is 4. The number of rotatable bonds is 5. The van der Waals surface area contributed by atoms with Crippen molar-refractivity contribution in [3.63, 3.8) is 0 Å². The van der Waals surface area contributed by atoms with Gasteiger partial charge >= 0.3 is 0 Å². The standard InChI is InChI=1S/C33H44N4O2/c1-23-34-29-10-5-6-11-30(29)37(23)27-21-25-12-13-26(22-27)36(25)19-16-33(24-8-7-9-28(38)20-24)14-17-35(18-15-33)31(39)32(2,3)4/h5-11,20,25-27,38H,12-19,21-22H2,1-4H3. The van der Waals surface area contributed by atoms with Crippen LogP contribution in [0.5, 0.6) is 5.75 Å². The Morgan fingerprint density at radius 1 is 1.00 bits per heavy atom. The van der Waals surface area contributed by atoms with E-state index in [0.717, 1.165) is 50.2 Å². The highest BCUT2D eigenvalue weighted by Crippen LogP contribution is 2.45. The van der Waals surface area contributed by atoms with Crippen LogP contribution in [-0.4, -0.2) is 62.1 Å². The van der Waals surface area contributed by atoms with Gasteiger partial charge in [-0.15, -0.1) is 0 Å². The number of hydrogen-bond donors (Lipinski definition) is 1. The number of carbonyl (C=O) groups is 1. The van der Waals surface area contributed by atoms with Crippen molar-refractivity contribution >= 4 is 16.9 Å². The number of hydrogen-bond acceptors (Lipinski definition) is 4. The van der Waals surface area contributed by atoms with Gasteiger partial charge < -0.3 is 14.6 Å². The number of benzene rings is 2. The first-order valence-electron chi connectivity index (χ1n) is 14.9. The number of para-hydroxylation sites is 2. The highest BCUT2D eigenvalue weighted by Gasteiger charge is 2.44. The fraction of sp³-hybridized carbons (Fsp3) is 0.576. The summed E-state index contributed by atoms with van der Waals surface area (Å²) < 4.78 is 2.51. The van der Waals surface area contributed by atoms with Gasteiger partial charge in [0.2, 0.25) is 5.91 Å². The molecule has 39 heavy (non-hydrogen) atoms. The van der Waals surface area contributed by atoms with E-state index in [1.807, 2.05) is 32.9 Å². The number of aryl methyl sites for hydroxylation is 1. The number of fused-ring (bicyclic) bond motifs is 3. The molecule has 0 radical (unpaired) electrons. The molecule has 3 fully saturated rings. The van der Waals surface area contributed by atoms with E-state index in [1.54, 1.807) is 6.07 Å². The molecule has 3 aliphatic rings. The van der Waals surface area contributed by atoms with E-state index < -0.39 is 0 Å². The third-order valence-corrected chi connectivity index (χ3v) is 9.95. The third kappa shape index (κ3) is 4.86. The summed E-state index contributed by atoms with van der Waals surface area (Å²) in [6, 6.07) is 18.2. The van der Waals surface area contributed by atoms with E-state index in [0.29, 0.717) is 23.9 Å². The van der Waals surface area contributed by atoms with E-state index in [9.17, 15) is 9.90 Å². The highest BCUT2D eigenvalue weighted by atomic mass is 16.3. The molecule has 3 aromatic rings. The van der Waals surface area contributed by atoms with Gasteiger partial charge in [0.15, 0.2) is 0 Å². The van der Waals surface area contributed by atoms with Crippen molar-refractivity contribution < 1.29 is 9.90 Å². The molecule has 0 aliphatic carbocycles. The van der Waals surface area contributed by atoms with E-state index >= 15 is 0 Å². The van der Waals surface area contributed by atoms with Gasteiger partial charge in [-0.25, -0.2) is 4.98 Å². The average molecular weight is 529 g/mol. The van der Waals surface area contributed by atoms with Crippen LogP contribution in [0.1, 0.15) is 83.1 Å². The fourth-order valence-corrected chi connectivity index (χ4v) is 7.92. The number of aromatic hydroxyl groups is 1. The molecule has 0 spiro atoms. The van der Waals surface area contributed by atoms with Crippen LogP contribution in [-0.2, 0) is 10.2 Å². The van der Waals surface area contributed by atoms with Gasteiger partial charge in [-0.3, -0.25) is 9.69 Å². The molecule has 2 aromatic carbocycles. The lowest BCUT2D eigenvalue weighted by Gasteiger charge is -2.46. The minimum atomic E-state index is -0.354. The molecule has 2 bridgehead atoms. The summed E-state index contributed by atoms with van der Waals surface area (Å²) in [5.74, 6) is 1.71. The number of phenols is 1. The van der Waals surface area contributed by atoms with E-state index in [4.69, 9.17) is 4.98 Å². The van der Waals surface area contributed by atoms with E-state index in [1.165, 1.54) is 36.8 Å². The van der Waals surface area contributed by atoms with Crippen molar-refractivity contribution in [2.75, 3.05) is 19.6 Å². The molecule has 4 heterocycles. The monoisotopic (exact) mass is 528 g/mol. The van der Waals surface area contributed by atoms with Crippen LogP contribution in [0.2, 0.25) is 0 Å². The van der Waals surface area contributed by atoms with Crippen molar-refractivity contribution in [3.8, 4) is 5.75 Å². The molecule has 1 amide bonds. The van der Waals surface area contributed by atoms with Crippen LogP contribution in [0.4, 0.5) is 0 Å². The second-order valence-electron chi connectivity index (χ2n) is 13.4. The molecule has 6 heteroatoms. The van der Waals surface area contributed by atoms with Crippen LogP contribution in [0.3, 0.4) is 0 Å². The second kappa shape index (κ2) is 9.96. The van der Waals surface area contributed by atoms with Crippen LogP contribution >= 0.6 is 0 Å². The topological polar surface area (TPSA) is 61.6 Å². The average Bonchev–Trinajstić information content (AvgIpc) is 3.37. The first kappa shape index (κ1) is 26.4. The van der Waals surface area contributed by atoms with Gasteiger partial charge in [-0.1, -0.05) is 45.0 Å². The zero-order valence-electron chi connectivity index (χ0n) is 24.1. The zero-order chi connectivity index (χ0) is 27.4. The van der Waals surface area contributed by atoms with Gasteiger partial charge in [0, 0.05) is 42.0 Å². The third-order valence-electron chi connectivity index (χ3n) is 9.95. The maximum atomic E-state index is 13.0. The summed E-state index contributed by atoms with van der Waals surface area (Å²) in [4.78, 5) is 22.8. The Morgan fingerprint density at radius 3 is 2.36 bits per heavy atom. The molecule has 3 saturated heterocycles. The highest BCUT2D eigenvalue weighted by molar-refractivity contribution is 5.81. The molecule has 1 aromatic heterocycles. The number of amides is 1. The Balaban J connectivity index is 1.19. The summed E-state index contributed by atoms with van der Waals surface area (Å²) in [6.45, 7) is 10.8. The van der Waals surface area contributed by atoms with Crippen LogP contribution in [0.25, 0.3) is 11.0 Å². The lowest BCUT2D eigenvalue weighted by Crippen LogP contribution is -2.50. The quantitative estimate of drug-likeness (QED) is 0.427. The van der Waals surface area contributed by atoms with Gasteiger partial charge in [0.05, 0.1) is 11.0 Å². The van der Waals surface area contributed by atoms with Gasteiger partial charge in [0.25, 0.3) is 0 Å². The molecule has 3 aliphatic heterocycles. The fourth-order valence-electron chi connectivity index (χ4n) is 7.92. The molecular weight excluding hydrogens is 484 g/mol. The van der Waals surface area contributed by atoms with Gasteiger partial charge in [-0.05, 0) is 88.2 Å². The molecule has 6 nitrogen and oxygen atoms in total.